The van der Waals surface area contributed by atoms with E-state index < -0.39 is 0 Å². The molecule has 0 radical (unpaired) electrons. The number of halogens is 2. The molecule has 2 aromatic rings. The van der Waals surface area contributed by atoms with E-state index in [0.717, 1.165) is 19.4 Å². The number of rotatable bonds is 6. The molecule has 0 bridgehead atoms. The molecule has 0 saturated heterocycles. The van der Waals surface area contributed by atoms with Gasteiger partial charge in [-0.1, -0.05) is 54.9 Å². The first kappa shape index (κ1) is 15.0. The minimum Gasteiger partial charge on any atom is -0.310 e. The number of hydrogen-bond acceptors (Lipinski definition) is 1. The molecule has 0 spiro atoms. The van der Waals surface area contributed by atoms with Crippen molar-refractivity contribution in [3.63, 3.8) is 0 Å². The summed E-state index contributed by atoms with van der Waals surface area (Å²) in [6.07, 6.45) is 1.72. The van der Waals surface area contributed by atoms with E-state index in [-0.39, 0.29) is 11.9 Å². The summed E-state index contributed by atoms with van der Waals surface area (Å²) < 4.78 is 14.1. The van der Waals surface area contributed by atoms with E-state index in [1.54, 1.807) is 12.1 Å². The molecule has 0 aliphatic carbocycles. The third-order valence-electron chi connectivity index (χ3n) is 3.27. The van der Waals surface area contributed by atoms with Gasteiger partial charge in [0.25, 0.3) is 0 Å². The van der Waals surface area contributed by atoms with E-state index in [4.69, 9.17) is 11.6 Å². The molecule has 1 nitrogen and oxygen atoms in total. The fraction of sp³-hybridized carbons (Fsp3) is 0.294. The second kappa shape index (κ2) is 7.41. The first-order valence-corrected chi connectivity index (χ1v) is 7.31. The Bertz CT molecular complexity index is 522. The highest BCUT2D eigenvalue weighted by Crippen LogP contribution is 2.28. The van der Waals surface area contributed by atoms with Gasteiger partial charge in [-0.3, -0.25) is 0 Å². The maximum absolute atomic E-state index is 14.1. The minimum absolute atomic E-state index is 0.106. The van der Waals surface area contributed by atoms with Crippen molar-refractivity contribution >= 4 is 11.6 Å². The van der Waals surface area contributed by atoms with Gasteiger partial charge in [-0.05, 0) is 37.1 Å². The largest absolute Gasteiger partial charge is 0.310 e. The van der Waals surface area contributed by atoms with Crippen molar-refractivity contribution in [2.75, 3.05) is 6.54 Å². The third kappa shape index (κ3) is 3.81. The van der Waals surface area contributed by atoms with Crippen molar-refractivity contribution in [3.8, 4) is 0 Å². The molecule has 2 aromatic carbocycles. The molecule has 0 amide bonds. The molecule has 0 fully saturated rings. The van der Waals surface area contributed by atoms with E-state index >= 15 is 0 Å². The maximum atomic E-state index is 14.1. The molecular formula is C17H19ClFN. The molecule has 106 valence electrons. The SMILES string of the molecule is CCCNC(Cc1ccccc1)c1c(F)cccc1Cl. The first-order valence-electron chi connectivity index (χ1n) is 6.93. The average molecular weight is 292 g/mol. The smallest absolute Gasteiger partial charge is 0.129 e. The van der Waals surface area contributed by atoms with E-state index in [2.05, 4.69) is 24.4 Å². The van der Waals surface area contributed by atoms with Crippen LogP contribution in [0, 0.1) is 5.82 Å². The summed E-state index contributed by atoms with van der Waals surface area (Å²) in [6, 6.07) is 14.8. The molecule has 0 aliphatic rings. The molecule has 0 aliphatic heterocycles. The number of nitrogens with one attached hydrogen (secondary N) is 1. The minimum atomic E-state index is -0.248. The maximum Gasteiger partial charge on any atom is 0.129 e. The molecule has 3 heteroatoms. The summed E-state index contributed by atoms with van der Waals surface area (Å²) in [5, 5.41) is 3.87. The van der Waals surface area contributed by atoms with Crippen LogP contribution in [0.4, 0.5) is 4.39 Å². The van der Waals surface area contributed by atoms with Crippen LogP contribution in [0.1, 0.15) is 30.5 Å². The highest BCUT2D eigenvalue weighted by molar-refractivity contribution is 6.31. The van der Waals surface area contributed by atoms with Gasteiger partial charge in [0.05, 0.1) is 0 Å². The van der Waals surface area contributed by atoms with E-state index in [9.17, 15) is 4.39 Å². The van der Waals surface area contributed by atoms with Crippen molar-refractivity contribution in [1.29, 1.82) is 0 Å². The molecule has 1 atom stereocenters. The molecule has 0 aromatic heterocycles. The van der Waals surface area contributed by atoms with Gasteiger partial charge >= 0.3 is 0 Å². The second-order valence-corrected chi connectivity index (χ2v) is 5.24. The Kier molecular flexibility index (Phi) is 5.57. The summed E-state index contributed by atoms with van der Waals surface area (Å²) in [4.78, 5) is 0. The zero-order chi connectivity index (χ0) is 14.4. The van der Waals surface area contributed by atoms with Crippen LogP contribution in [0.5, 0.6) is 0 Å². The summed E-state index contributed by atoms with van der Waals surface area (Å²) >= 11 is 6.19. The van der Waals surface area contributed by atoms with E-state index in [1.165, 1.54) is 11.6 Å². The standard InChI is InChI=1S/C17H19ClFN/c1-2-11-20-16(12-13-7-4-3-5-8-13)17-14(18)9-6-10-15(17)19/h3-10,16,20H,2,11-12H2,1H3. The zero-order valence-corrected chi connectivity index (χ0v) is 12.3. The Balaban J connectivity index is 2.27. The lowest BCUT2D eigenvalue weighted by molar-refractivity contribution is 0.497. The lowest BCUT2D eigenvalue weighted by Gasteiger charge is -2.21. The zero-order valence-electron chi connectivity index (χ0n) is 11.6. The fourth-order valence-corrected chi connectivity index (χ4v) is 2.58. The van der Waals surface area contributed by atoms with Gasteiger partial charge in [0.2, 0.25) is 0 Å². The first-order chi connectivity index (χ1) is 9.72. The van der Waals surface area contributed by atoms with Crippen LogP contribution in [-0.4, -0.2) is 6.54 Å². The normalized spacial score (nSPS) is 12.3. The molecule has 1 unspecified atom stereocenters. The van der Waals surface area contributed by atoms with Crippen molar-refractivity contribution in [3.05, 3.63) is 70.5 Å². The monoisotopic (exact) mass is 291 g/mol. The lowest BCUT2D eigenvalue weighted by Crippen LogP contribution is -2.25. The topological polar surface area (TPSA) is 12.0 Å². The summed E-state index contributed by atoms with van der Waals surface area (Å²) in [7, 11) is 0. The van der Waals surface area contributed by atoms with Crippen molar-refractivity contribution in [1.82, 2.24) is 5.32 Å². The van der Waals surface area contributed by atoms with Crippen LogP contribution in [0.2, 0.25) is 5.02 Å². The molecule has 20 heavy (non-hydrogen) atoms. The summed E-state index contributed by atoms with van der Waals surface area (Å²) in [5.74, 6) is -0.248. The third-order valence-corrected chi connectivity index (χ3v) is 3.60. The van der Waals surface area contributed by atoms with E-state index in [1.807, 2.05) is 18.2 Å². The molecule has 0 saturated carbocycles. The molecule has 0 heterocycles. The summed E-state index contributed by atoms with van der Waals surface area (Å²) in [6.45, 7) is 2.93. The second-order valence-electron chi connectivity index (χ2n) is 4.83. The average Bonchev–Trinajstić information content (AvgIpc) is 2.45. The van der Waals surface area contributed by atoms with Gasteiger partial charge < -0.3 is 5.32 Å². The van der Waals surface area contributed by atoms with Gasteiger partial charge in [-0.25, -0.2) is 4.39 Å². The quantitative estimate of drug-likeness (QED) is 0.809. The van der Waals surface area contributed by atoms with Crippen molar-refractivity contribution in [2.24, 2.45) is 0 Å². The summed E-state index contributed by atoms with van der Waals surface area (Å²) in [5.41, 5.74) is 1.73. The van der Waals surface area contributed by atoms with Crippen LogP contribution in [0.25, 0.3) is 0 Å². The van der Waals surface area contributed by atoms with Crippen molar-refractivity contribution in [2.45, 2.75) is 25.8 Å². The predicted octanol–water partition coefficient (Wildman–Crippen LogP) is 4.76. The van der Waals surface area contributed by atoms with Crippen LogP contribution >= 0.6 is 11.6 Å². The molecule has 1 N–H and O–H groups in total. The highest BCUT2D eigenvalue weighted by atomic mass is 35.5. The van der Waals surface area contributed by atoms with Gasteiger partial charge in [-0.15, -0.1) is 0 Å². The fourth-order valence-electron chi connectivity index (χ4n) is 2.29. The van der Waals surface area contributed by atoms with Crippen LogP contribution in [-0.2, 0) is 6.42 Å². The van der Waals surface area contributed by atoms with E-state index in [0.29, 0.717) is 10.6 Å². The predicted molar refractivity (Wildman–Crippen MR) is 82.6 cm³/mol. The van der Waals surface area contributed by atoms with Gasteiger partial charge in [0, 0.05) is 16.6 Å². The lowest BCUT2D eigenvalue weighted by atomic mass is 9.98. The number of benzene rings is 2. The Morgan fingerprint density at radius 1 is 1.10 bits per heavy atom. The van der Waals surface area contributed by atoms with Gasteiger partial charge in [0.15, 0.2) is 0 Å². The van der Waals surface area contributed by atoms with Crippen LogP contribution in [0.3, 0.4) is 0 Å². The Morgan fingerprint density at radius 2 is 1.85 bits per heavy atom. The Hall–Kier alpha value is -1.38. The van der Waals surface area contributed by atoms with Crippen LogP contribution < -0.4 is 5.32 Å². The Morgan fingerprint density at radius 3 is 2.50 bits per heavy atom. The Labute approximate surface area is 124 Å². The van der Waals surface area contributed by atoms with Crippen molar-refractivity contribution < 1.29 is 4.39 Å². The molecular weight excluding hydrogens is 273 g/mol. The number of hydrogen-bond donors (Lipinski definition) is 1. The van der Waals surface area contributed by atoms with Gasteiger partial charge in [-0.2, -0.15) is 0 Å². The van der Waals surface area contributed by atoms with Gasteiger partial charge in [0.1, 0.15) is 5.82 Å². The highest BCUT2D eigenvalue weighted by Gasteiger charge is 2.18. The molecule has 2 rings (SSSR count). The van der Waals surface area contributed by atoms with Crippen LogP contribution in [0.15, 0.2) is 48.5 Å².